The first-order valence-corrected chi connectivity index (χ1v) is 9.95. The van der Waals surface area contributed by atoms with Crippen LogP contribution < -0.4 is 5.32 Å². The van der Waals surface area contributed by atoms with E-state index in [1.165, 1.54) is 37.5 Å². The Morgan fingerprint density at radius 3 is 2.68 bits per heavy atom. The van der Waals surface area contributed by atoms with Crippen LogP contribution in [-0.4, -0.2) is 30.6 Å². The highest BCUT2D eigenvalue weighted by atomic mass is 35.5. The van der Waals surface area contributed by atoms with Gasteiger partial charge in [0.15, 0.2) is 5.54 Å². The lowest BCUT2D eigenvalue weighted by atomic mass is 9.77. The van der Waals surface area contributed by atoms with Gasteiger partial charge in [0, 0.05) is 45.4 Å². The van der Waals surface area contributed by atoms with Crippen LogP contribution in [0.1, 0.15) is 24.0 Å². The van der Waals surface area contributed by atoms with Crippen molar-refractivity contribution < 1.29 is 24.0 Å². The van der Waals surface area contributed by atoms with Gasteiger partial charge in [0.2, 0.25) is 0 Å². The largest absolute Gasteiger partial charge is 0.466 e. The number of benzene rings is 2. The quantitative estimate of drug-likeness (QED) is 0.288. The Morgan fingerprint density at radius 2 is 2.03 bits per heavy atom. The first kappa shape index (κ1) is 22.6. The molecule has 0 spiro atoms. The molecule has 162 valence electrons. The maximum atomic E-state index is 13.4. The molecule has 0 fully saturated rings. The molecule has 8 nitrogen and oxygen atoms in total. The minimum Gasteiger partial charge on any atom is -0.466 e. The summed E-state index contributed by atoms with van der Waals surface area (Å²) >= 11 is 12.6. The first-order valence-electron chi connectivity index (χ1n) is 9.20. The molecule has 0 saturated carbocycles. The van der Waals surface area contributed by atoms with Gasteiger partial charge in [0.05, 0.1) is 18.6 Å². The van der Waals surface area contributed by atoms with Crippen LogP contribution in [0.25, 0.3) is 0 Å². The Hall–Kier alpha value is -3.10. The molecule has 0 aromatic heterocycles. The van der Waals surface area contributed by atoms with Crippen molar-refractivity contribution in [1.82, 2.24) is 0 Å². The van der Waals surface area contributed by atoms with E-state index in [1.807, 2.05) is 0 Å². The second-order valence-corrected chi connectivity index (χ2v) is 7.51. The molecular formula is C21H18Cl2N2O6. The molecule has 1 heterocycles. The third kappa shape index (κ3) is 4.08. The van der Waals surface area contributed by atoms with Crippen LogP contribution in [0.4, 0.5) is 11.4 Å². The van der Waals surface area contributed by atoms with Crippen LogP contribution in [0.3, 0.4) is 0 Å². The van der Waals surface area contributed by atoms with E-state index >= 15 is 0 Å². The van der Waals surface area contributed by atoms with E-state index in [1.54, 1.807) is 19.1 Å². The first-order chi connectivity index (χ1) is 14.7. The molecule has 0 bridgehead atoms. The minimum atomic E-state index is -1.64. The molecule has 1 N–H and O–H groups in total. The number of nitro groups is 1. The number of esters is 2. The molecule has 0 aliphatic carbocycles. The highest BCUT2D eigenvalue weighted by Gasteiger charge is 2.54. The van der Waals surface area contributed by atoms with Gasteiger partial charge in [-0.2, -0.15) is 0 Å². The molecule has 1 aliphatic rings. The van der Waals surface area contributed by atoms with Crippen LogP contribution in [0.2, 0.25) is 10.0 Å². The lowest BCUT2D eigenvalue weighted by Crippen LogP contribution is -2.45. The van der Waals surface area contributed by atoms with Crippen molar-refractivity contribution >= 4 is 46.5 Å². The maximum Gasteiger partial charge on any atom is 0.337 e. The number of anilines is 1. The average molecular weight is 465 g/mol. The van der Waals surface area contributed by atoms with E-state index in [9.17, 15) is 19.7 Å². The molecular weight excluding hydrogens is 447 g/mol. The van der Waals surface area contributed by atoms with E-state index in [2.05, 4.69) is 10.1 Å². The van der Waals surface area contributed by atoms with Gasteiger partial charge < -0.3 is 14.8 Å². The van der Waals surface area contributed by atoms with Crippen molar-refractivity contribution in [2.75, 3.05) is 19.0 Å². The van der Waals surface area contributed by atoms with E-state index in [4.69, 9.17) is 27.9 Å². The molecule has 3 rings (SSSR count). The number of rotatable bonds is 6. The standard InChI is InChI=1S/C21H18Cl2N2O6/c1-3-31-20(27)21(12-5-4-6-14(9-12)25(28)29)15(7-8-18(26)30-2)19-16(23)10-13(22)11-17(19)24-21/h4-11,15,24H,3H2,1-2H3/b8-7-. The highest BCUT2D eigenvalue weighted by Crippen LogP contribution is 2.53. The summed E-state index contributed by atoms with van der Waals surface area (Å²) in [6.07, 6.45) is 2.62. The van der Waals surface area contributed by atoms with Crippen molar-refractivity contribution in [2.24, 2.45) is 0 Å². The lowest BCUT2D eigenvalue weighted by molar-refractivity contribution is -0.384. The second kappa shape index (κ2) is 8.95. The molecule has 0 saturated heterocycles. The summed E-state index contributed by atoms with van der Waals surface area (Å²) < 4.78 is 10.0. The predicted molar refractivity (Wildman–Crippen MR) is 115 cm³/mol. The number of nitrogens with one attached hydrogen (secondary N) is 1. The van der Waals surface area contributed by atoms with E-state index in [0.717, 1.165) is 6.08 Å². The zero-order chi connectivity index (χ0) is 22.8. The molecule has 31 heavy (non-hydrogen) atoms. The van der Waals surface area contributed by atoms with Gasteiger partial charge in [-0.15, -0.1) is 0 Å². The zero-order valence-electron chi connectivity index (χ0n) is 16.6. The van der Waals surface area contributed by atoms with Gasteiger partial charge in [-0.1, -0.05) is 41.4 Å². The highest BCUT2D eigenvalue weighted by molar-refractivity contribution is 6.36. The van der Waals surface area contributed by atoms with Crippen LogP contribution in [-0.2, 0) is 24.6 Å². The van der Waals surface area contributed by atoms with Crippen LogP contribution in [0.15, 0.2) is 48.6 Å². The SMILES string of the molecule is CCOC(=O)C1(c2cccc([N+](=O)[O-])c2)Nc2cc(Cl)cc(Cl)c2C1/C=C\C(=O)OC. The van der Waals surface area contributed by atoms with Gasteiger partial charge in [-0.3, -0.25) is 10.1 Å². The molecule has 0 radical (unpaired) electrons. The summed E-state index contributed by atoms with van der Waals surface area (Å²) in [5, 5.41) is 15.1. The van der Waals surface area contributed by atoms with E-state index in [-0.39, 0.29) is 22.9 Å². The number of ether oxygens (including phenoxy) is 2. The topological polar surface area (TPSA) is 108 Å². The van der Waals surface area contributed by atoms with Crippen molar-refractivity contribution in [3.8, 4) is 0 Å². The van der Waals surface area contributed by atoms with Gasteiger partial charge in [0.25, 0.3) is 5.69 Å². The third-order valence-corrected chi connectivity index (χ3v) is 5.47. The predicted octanol–water partition coefficient (Wildman–Crippen LogP) is 4.60. The van der Waals surface area contributed by atoms with Crippen molar-refractivity contribution in [2.45, 2.75) is 18.4 Å². The fourth-order valence-corrected chi connectivity index (χ4v) is 4.26. The molecule has 1 aliphatic heterocycles. The Balaban J connectivity index is 2.32. The van der Waals surface area contributed by atoms with Crippen molar-refractivity contribution in [1.29, 1.82) is 0 Å². The summed E-state index contributed by atoms with van der Waals surface area (Å²) in [5.74, 6) is -2.19. The number of nitro benzene ring substituents is 1. The fraction of sp³-hybridized carbons (Fsp3) is 0.238. The van der Waals surface area contributed by atoms with Crippen molar-refractivity contribution in [3.05, 3.63) is 79.8 Å². The number of hydrogen-bond donors (Lipinski definition) is 1. The summed E-state index contributed by atoms with van der Waals surface area (Å²) in [6, 6.07) is 8.72. The Kier molecular flexibility index (Phi) is 6.52. The number of hydrogen-bond acceptors (Lipinski definition) is 7. The smallest absolute Gasteiger partial charge is 0.337 e. The monoisotopic (exact) mass is 464 g/mol. The maximum absolute atomic E-state index is 13.4. The van der Waals surface area contributed by atoms with Gasteiger partial charge in [0.1, 0.15) is 0 Å². The average Bonchev–Trinajstić information content (AvgIpc) is 3.07. The Labute approximate surface area is 187 Å². The number of nitrogens with zero attached hydrogens (tertiary/aromatic N) is 1. The number of methoxy groups -OCH3 is 1. The minimum absolute atomic E-state index is 0.0649. The summed E-state index contributed by atoms with van der Waals surface area (Å²) in [5.41, 5.74) is -0.646. The number of carbonyl (C=O) groups is 2. The molecule has 2 aromatic rings. The Morgan fingerprint density at radius 1 is 1.29 bits per heavy atom. The van der Waals surface area contributed by atoms with E-state index < -0.39 is 28.3 Å². The second-order valence-electron chi connectivity index (χ2n) is 6.67. The van der Waals surface area contributed by atoms with Gasteiger partial charge >= 0.3 is 11.9 Å². The fourth-order valence-electron chi connectivity index (χ4n) is 3.65. The van der Waals surface area contributed by atoms with Gasteiger partial charge in [-0.25, -0.2) is 9.59 Å². The number of halogens is 2. The molecule has 2 aromatic carbocycles. The lowest BCUT2D eigenvalue weighted by Gasteiger charge is -2.33. The van der Waals surface area contributed by atoms with Gasteiger partial charge in [-0.05, 0) is 24.6 Å². The number of non-ortho nitro benzene ring substituents is 1. The summed E-state index contributed by atoms with van der Waals surface area (Å²) in [4.78, 5) is 36.0. The summed E-state index contributed by atoms with van der Waals surface area (Å²) in [6.45, 7) is 1.71. The normalized spacial score (nSPS) is 19.5. The molecule has 2 atom stereocenters. The molecule has 0 amide bonds. The molecule has 10 heteroatoms. The summed E-state index contributed by atoms with van der Waals surface area (Å²) in [7, 11) is 1.22. The number of carbonyl (C=O) groups excluding carboxylic acids is 2. The Bertz CT molecular complexity index is 1090. The van der Waals surface area contributed by atoms with Crippen LogP contribution >= 0.6 is 23.2 Å². The molecule has 2 unspecified atom stereocenters. The van der Waals surface area contributed by atoms with Crippen LogP contribution in [0.5, 0.6) is 0 Å². The van der Waals surface area contributed by atoms with E-state index in [0.29, 0.717) is 16.3 Å². The van der Waals surface area contributed by atoms with Crippen molar-refractivity contribution in [3.63, 3.8) is 0 Å². The zero-order valence-corrected chi connectivity index (χ0v) is 18.1. The number of fused-ring (bicyclic) bond motifs is 1. The third-order valence-electron chi connectivity index (χ3n) is 4.94. The van der Waals surface area contributed by atoms with Crippen LogP contribution in [0, 0.1) is 10.1 Å².